The lowest BCUT2D eigenvalue weighted by atomic mass is 10.0. The molecule has 0 aliphatic rings. The van der Waals surface area contributed by atoms with Crippen molar-refractivity contribution in [1.29, 1.82) is 0 Å². The molecule has 4 heteroatoms. The summed E-state index contributed by atoms with van der Waals surface area (Å²) in [6.07, 6.45) is 2.81. The smallest absolute Gasteiger partial charge is 0.251 e. The third-order valence-corrected chi connectivity index (χ3v) is 5.50. The largest absolute Gasteiger partial charge is 0.350 e. The summed E-state index contributed by atoms with van der Waals surface area (Å²) in [7, 11) is 0. The molecule has 1 N–H and O–H groups in total. The molecule has 0 saturated heterocycles. The molecule has 1 aromatic heterocycles. The van der Waals surface area contributed by atoms with Crippen LogP contribution in [0.4, 0.5) is 0 Å². The molecular formula is C27H29N3O. The summed E-state index contributed by atoms with van der Waals surface area (Å²) in [6, 6.07) is 24.9. The minimum Gasteiger partial charge on any atom is -0.350 e. The highest BCUT2D eigenvalue weighted by Gasteiger charge is 2.13. The molecule has 1 heterocycles. The van der Waals surface area contributed by atoms with Gasteiger partial charge in [-0.15, -0.1) is 0 Å². The number of fused-ring (bicyclic) bond motifs is 1. The van der Waals surface area contributed by atoms with Crippen molar-refractivity contribution in [3.05, 3.63) is 90.3 Å². The van der Waals surface area contributed by atoms with Gasteiger partial charge in [0.1, 0.15) is 0 Å². The fourth-order valence-electron chi connectivity index (χ4n) is 4.03. The van der Waals surface area contributed by atoms with E-state index in [1.807, 2.05) is 37.5 Å². The summed E-state index contributed by atoms with van der Waals surface area (Å²) in [5.74, 6) is 0.510. The molecule has 0 aliphatic heterocycles. The minimum atomic E-state index is -0.0406. The fraction of sp³-hybridized carbons (Fsp3) is 0.259. The van der Waals surface area contributed by atoms with Crippen LogP contribution in [-0.2, 0) is 6.54 Å². The van der Waals surface area contributed by atoms with Gasteiger partial charge >= 0.3 is 0 Å². The number of hydrogen-bond donors (Lipinski definition) is 1. The molecule has 31 heavy (non-hydrogen) atoms. The van der Waals surface area contributed by atoms with E-state index in [1.54, 1.807) is 0 Å². The van der Waals surface area contributed by atoms with E-state index in [4.69, 9.17) is 0 Å². The van der Waals surface area contributed by atoms with Crippen LogP contribution in [0.25, 0.3) is 22.2 Å². The first-order valence-electron chi connectivity index (χ1n) is 10.9. The van der Waals surface area contributed by atoms with E-state index in [9.17, 15) is 4.79 Å². The molecule has 4 rings (SSSR count). The molecule has 0 aliphatic carbocycles. The van der Waals surface area contributed by atoms with Crippen LogP contribution in [0.3, 0.4) is 0 Å². The minimum absolute atomic E-state index is 0.0406. The first-order chi connectivity index (χ1) is 15.0. The maximum absolute atomic E-state index is 12.6. The maximum atomic E-state index is 12.6. The Bertz CT molecular complexity index is 1160. The van der Waals surface area contributed by atoms with Crippen LogP contribution in [0.1, 0.15) is 43.1 Å². The number of nitrogens with zero attached hydrogens (tertiary/aromatic N) is 2. The van der Waals surface area contributed by atoms with E-state index >= 15 is 0 Å². The Morgan fingerprint density at radius 2 is 1.65 bits per heavy atom. The van der Waals surface area contributed by atoms with Gasteiger partial charge in [-0.05, 0) is 54.2 Å². The molecule has 0 saturated carbocycles. The van der Waals surface area contributed by atoms with Gasteiger partial charge in [-0.25, -0.2) is 4.98 Å². The van der Waals surface area contributed by atoms with Crippen molar-refractivity contribution in [3.8, 4) is 11.1 Å². The zero-order chi connectivity index (χ0) is 21.8. The van der Waals surface area contributed by atoms with E-state index in [-0.39, 0.29) is 11.9 Å². The van der Waals surface area contributed by atoms with Gasteiger partial charge in [0, 0.05) is 18.2 Å². The maximum Gasteiger partial charge on any atom is 0.251 e. The van der Waals surface area contributed by atoms with Crippen molar-refractivity contribution in [2.45, 2.75) is 39.8 Å². The van der Waals surface area contributed by atoms with Gasteiger partial charge < -0.3 is 9.88 Å². The summed E-state index contributed by atoms with van der Waals surface area (Å²) in [4.78, 5) is 17.1. The monoisotopic (exact) mass is 411 g/mol. The average molecular weight is 412 g/mol. The van der Waals surface area contributed by atoms with Crippen LogP contribution in [0.2, 0.25) is 0 Å². The fourth-order valence-corrected chi connectivity index (χ4v) is 4.03. The molecule has 1 atom stereocenters. The first kappa shape index (κ1) is 20.9. The van der Waals surface area contributed by atoms with Crippen molar-refractivity contribution < 1.29 is 4.79 Å². The molecule has 1 amide bonds. The Morgan fingerprint density at radius 1 is 0.935 bits per heavy atom. The third-order valence-electron chi connectivity index (χ3n) is 5.50. The van der Waals surface area contributed by atoms with Crippen LogP contribution >= 0.6 is 0 Å². The number of benzene rings is 3. The number of carbonyl (C=O) groups excluding carboxylic acids is 1. The number of hydrogen-bond acceptors (Lipinski definition) is 2. The van der Waals surface area contributed by atoms with Gasteiger partial charge in [-0.1, -0.05) is 68.4 Å². The second kappa shape index (κ2) is 9.17. The van der Waals surface area contributed by atoms with Crippen molar-refractivity contribution >= 4 is 16.9 Å². The molecule has 0 spiro atoms. The van der Waals surface area contributed by atoms with Crippen LogP contribution < -0.4 is 5.32 Å². The highest BCUT2D eigenvalue weighted by Crippen LogP contribution is 2.21. The summed E-state index contributed by atoms with van der Waals surface area (Å²) in [5, 5.41) is 3.08. The second-order valence-electron chi connectivity index (χ2n) is 8.64. The van der Waals surface area contributed by atoms with Gasteiger partial charge in [0.2, 0.25) is 0 Å². The van der Waals surface area contributed by atoms with Crippen LogP contribution in [0, 0.1) is 5.92 Å². The zero-order valence-corrected chi connectivity index (χ0v) is 18.4. The molecule has 0 radical (unpaired) electrons. The molecule has 0 unspecified atom stereocenters. The predicted molar refractivity (Wildman–Crippen MR) is 127 cm³/mol. The van der Waals surface area contributed by atoms with Crippen molar-refractivity contribution in [3.63, 3.8) is 0 Å². The van der Waals surface area contributed by atoms with Crippen molar-refractivity contribution in [2.75, 3.05) is 0 Å². The van der Waals surface area contributed by atoms with E-state index in [1.165, 1.54) is 16.7 Å². The second-order valence-corrected chi connectivity index (χ2v) is 8.64. The molecule has 4 nitrogen and oxygen atoms in total. The normalized spacial score (nSPS) is 12.3. The lowest BCUT2D eigenvalue weighted by Crippen LogP contribution is -2.33. The van der Waals surface area contributed by atoms with Crippen LogP contribution in [-0.4, -0.2) is 21.5 Å². The van der Waals surface area contributed by atoms with Gasteiger partial charge in [0.25, 0.3) is 5.91 Å². The number of carbonyl (C=O) groups is 1. The summed E-state index contributed by atoms with van der Waals surface area (Å²) >= 11 is 0. The highest BCUT2D eigenvalue weighted by molar-refractivity contribution is 5.97. The van der Waals surface area contributed by atoms with Crippen molar-refractivity contribution in [1.82, 2.24) is 14.9 Å². The van der Waals surface area contributed by atoms with Gasteiger partial charge in [0.15, 0.2) is 0 Å². The number of nitrogens with one attached hydrogen (secondary N) is 1. The Kier molecular flexibility index (Phi) is 6.17. The van der Waals surface area contributed by atoms with Crippen molar-refractivity contribution in [2.24, 2.45) is 5.92 Å². The summed E-state index contributed by atoms with van der Waals surface area (Å²) in [5.41, 5.74) is 6.16. The number of amides is 1. The van der Waals surface area contributed by atoms with E-state index in [2.05, 4.69) is 77.2 Å². The number of rotatable bonds is 7. The van der Waals surface area contributed by atoms with E-state index in [0.717, 1.165) is 24.0 Å². The number of imidazole rings is 1. The van der Waals surface area contributed by atoms with E-state index in [0.29, 0.717) is 11.5 Å². The standard InChI is InChI=1S/C27H29N3O/c1-19(2)15-20(3)29-27(31)24-13-14-26-25(16-24)28-18-30(26)17-21-9-11-23(12-10-21)22-7-5-4-6-8-22/h4-14,16,18-20H,15,17H2,1-3H3,(H,29,31)/t20-/m1/s1. The molecule has 3 aromatic carbocycles. The number of aromatic nitrogens is 2. The lowest BCUT2D eigenvalue weighted by Gasteiger charge is -2.16. The van der Waals surface area contributed by atoms with Crippen LogP contribution in [0.15, 0.2) is 79.1 Å². The molecule has 4 aromatic rings. The molecule has 0 fully saturated rings. The third kappa shape index (κ3) is 5.02. The average Bonchev–Trinajstić information content (AvgIpc) is 3.16. The highest BCUT2D eigenvalue weighted by atomic mass is 16.1. The topological polar surface area (TPSA) is 46.9 Å². The molecular weight excluding hydrogens is 382 g/mol. The summed E-state index contributed by atoms with van der Waals surface area (Å²) in [6.45, 7) is 7.11. The Morgan fingerprint density at radius 3 is 2.35 bits per heavy atom. The van der Waals surface area contributed by atoms with Crippen LogP contribution in [0.5, 0.6) is 0 Å². The Balaban J connectivity index is 1.48. The van der Waals surface area contributed by atoms with Gasteiger partial charge in [-0.3, -0.25) is 4.79 Å². The van der Waals surface area contributed by atoms with Gasteiger partial charge in [-0.2, -0.15) is 0 Å². The SMILES string of the molecule is CC(C)C[C@@H](C)NC(=O)c1ccc2c(c1)ncn2Cc1ccc(-c2ccccc2)cc1. The molecule has 0 bridgehead atoms. The zero-order valence-electron chi connectivity index (χ0n) is 18.4. The first-order valence-corrected chi connectivity index (χ1v) is 10.9. The Labute approximate surface area is 183 Å². The predicted octanol–water partition coefficient (Wildman–Crippen LogP) is 5.92. The quantitative estimate of drug-likeness (QED) is 0.410. The molecule has 158 valence electrons. The van der Waals surface area contributed by atoms with E-state index < -0.39 is 0 Å². The summed E-state index contributed by atoms with van der Waals surface area (Å²) < 4.78 is 2.12. The van der Waals surface area contributed by atoms with Gasteiger partial charge in [0.05, 0.1) is 17.4 Å². The Hall–Kier alpha value is -3.40. The lowest BCUT2D eigenvalue weighted by molar-refractivity contribution is 0.0936.